The smallest absolute Gasteiger partial charge is 0.315 e. The quantitative estimate of drug-likeness (QED) is 0.337. The van der Waals surface area contributed by atoms with Gasteiger partial charge in [-0.3, -0.25) is 4.79 Å². The minimum atomic E-state index is -0.0314. The highest BCUT2D eigenvalue weighted by Gasteiger charge is 2.42. The van der Waals surface area contributed by atoms with E-state index in [1.54, 1.807) is 0 Å². The molecule has 2 fully saturated rings. The molecule has 3 atom stereocenters. The molecule has 1 unspecified atom stereocenters. The van der Waals surface area contributed by atoms with E-state index < -0.39 is 0 Å². The van der Waals surface area contributed by atoms with E-state index >= 15 is 0 Å². The fraction of sp³-hybridized carbons (Fsp3) is 0.875. The van der Waals surface area contributed by atoms with E-state index in [1.165, 1.54) is 0 Å². The van der Waals surface area contributed by atoms with Crippen molar-refractivity contribution in [2.45, 2.75) is 68.7 Å². The summed E-state index contributed by atoms with van der Waals surface area (Å²) >= 11 is 1.93. The zero-order valence-electron chi connectivity index (χ0n) is 13.8. The molecule has 0 radical (unpaired) electrons. The molecule has 0 aromatic rings. The van der Waals surface area contributed by atoms with Crippen molar-refractivity contribution in [3.8, 4) is 0 Å². The molecule has 2 saturated heterocycles. The molecule has 2 aliphatic rings. The van der Waals surface area contributed by atoms with Crippen molar-refractivity contribution in [2.75, 3.05) is 18.8 Å². The first-order valence-electron chi connectivity index (χ1n) is 8.86. The molecule has 5 N–H and O–H groups in total. The summed E-state index contributed by atoms with van der Waals surface area (Å²) in [7, 11) is 0. The van der Waals surface area contributed by atoms with Crippen molar-refractivity contribution in [3.63, 3.8) is 0 Å². The third kappa shape index (κ3) is 6.22. The lowest BCUT2D eigenvalue weighted by atomic mass is 10.0. The van der Waals surface area contributed by atoms with E-state index in [1.807, 2.05) is 11.8 Å². The zero-order chi connectivity index (χ0) is 16.5. The number of fused-ring (bicyclic) bond motifs is 1. The summed E-state index contributed by atoms with van der Waals surface area (Å²) in [6.07, 6.45) is 8.05. The average molecular weight is 343 g/mol. The number of carbonyl (C=O) groups excluding carboxylic acids is 2. The van der Waals surface area contributed by atoms with Gasteiger partial charge in [-0.05, 0) is 32.2 Å². The van der Waals surface area contributed by atoms with Gasteiger partial charge in [0.1, 0.15) is 0 Å². The second-order valence-electron chi connectivity index (χ2n) is 6.42. The van der Waals surface area contributed by atoms with Gasteiger partial charge in [0.05, 0.1) is 12.1 Å². The lowest BCUT2D eigenvalue weighted by molar-refractivity contribution is -0.121. The van der Waals surface area contributed by atoms with Gasteiger partial charge in [0.25, 0.3) is 0 Å². The summed E-state index contributed by atoms with van der Waals surface area (Å²) in [5.41, 5.74) is 5.44. The van der Waals surface area contributed by atoms with Gasteiger partial charge in [-0.2, -0.15) is 11.8 Å². The molecular formula is C16H30N4O2S. The normalized spacial score (nSPS) is 25.8. The van der Waals surface area contributed by atoms with E-state index in [0.29, 0.717) is 17.7 Å². The Bertz CT molecular complexity index is 394. The van der Waals surface area contributed by atoms with Crippen LogP contribution in [0.5, 0.6) is 0 Å². The summed E-state index contributed by atoms with van der Waals surface area (Å²) in [6.45, 7) is 1.54. The first-order chi connectivity index (χ1) is 11.2. The zero-order valence-corrected chi connectivity index (χ0v) is 14.6. The van der Waals surface area contributed by atoms with Gasteiger partial charge in [0, 0.05) is 24.0 Å². The van der Waals surface area contributed by atoms with Crippen LogP contribution in [0, 0.1) is 0 Å². The summed E-state index contributed by atoms with van der Waals surface area (Å²) in [4.78, 5) is 23.1. The number of nitrogens with two attached hydrogens (primary N) is 1. The molecule has 3 amide bonds. The van der Waals surface area contributed by atoms with Crippen LogP contribution in [0.15, 0.2) is 0 Å². The lowest BCUT2D eigenvalue weighted by Crippen LogP contribution is -2.36. The van der Waals surface area contributed by atoms with Crippen LogP contribution in [0.1, 0.15) is 51.4 Å². The van der Waals surface area contributed by atoms with E-state index in [9.17, 15) is 9.59 Å². The topological polar surface area (TPSA) is 96.2 Å². The maximum absolute atomic E-state index is 11.8. The van der Waals surface area contributed by atoms with Crippen LogP contribution in [0.4, 0.5) is 4.79 Å². The van der Waals surface area contributed by atoms with Crippen LogP contribution < -0.4 is 21.7 Å². The molecule has 7 heteroatoms. The van der Waals surface area contributed by atoms with Crippen molar-refractivity contribution in [1.82, 2.24) is 16.0 Å². The molecule has 0 spiro atoms. The highest BCUT2D eigenvalue weighted by Crippen LogP contribution is 2.33. The molecule has 0 saturated carbocycles. The van der Waals surface area contributed by atoms with Crippen LogP contribution in [-0.2, 0) is 4.79 Å². The Balaban J connectivity index is 1.46. The first kappa shape index (κ1) is 18.4. The number of carbonyl (C=O) groups is 2. The number of thioether (sulfide) groups is 1. The Morgan fingerprint density at radius 3 is 2.83 bits per heavy atom. The Morgan fingerprint density at radius 1 is 1.17 bits per heavy atom. The summed E-state index contributed by atoms with van der Waals surface area (Å²) < 4.78 is 0. The third-order valence-electron chi connectivity index (χ3n) is 4.53. The summed E-state index contributed by atoms with van der Waals surface area (Å²) in [6, 6.07) is 0.533. The second kappa shape index (κ2) is 10.0. The fourth-order valence-electron chi connectivity index (χ4n) is 3.21. The summed E-state index contributed by atoms with van der Waals surface area (Å²) in [5, 5.41) is 9.44. The predicted octanol–water partition coefficient (Wildman–Crippen LogP) is 1.35. The molecule has 132 valence electrons. The van der Waals surface area contributed by atoms with Crippen molar-refractivity contribution >= 4 is 23.7 Å². The number of hydrogen-bond donors (Lipinski definition) is 4. The van der Waals surface area contributed by atoms with Crippen LogP contribution in [-0.4, -0.2) is 48.1 Å². The highest BCUT2D eigenvalue weighted by molar-refractivity contribution is 8.00. The number of rotatable bonds is 11. The monoisotopic (exact) mass is 342 g/mol. The molecule has 23 heavy (non-hydrogen) atoms. The lowest BCUT2D eigenvalue weighted by Gasteiger charge is -2.16. The highest BCUT2D eigenvalue weighted by atomic mass is 32.2. The Labute approximate surface area is 143 Å². The SMILES string of the molecule is NCCCCCCNC(=O)CCCC[C@H]1SCC2NC(=O)N[C@H]21. The van der Waals surface area contributed by atoms with E-state index in [2.05, 4.69) is 16.0 Å². The van der Waals surface area contributed by atoms with E-state index in [0.717, 1.165) is 63.8 Å². The van der Waals surface area contributed by atoms with Crippen molar-refractivity contribution in [2.24, 2.45) is 5.73 Å². The van der Waals surface area contributed by atoms with E-state index in [-0.39, 0.29) is 18.0 Å². The van der Waals surface area contributed by atoms with Crippen molar-refractivity contribution < 1.29 is 9.59 Å². The maximum atomic E-state index is 11.8. The largest absolute Gasteiger partial charge is 0.356 e. The minimum Gasteiger partial charge on any atom is -0.356 e. The van der Waals surface area contributed by atoms with Crippen LogP contribution in [0.25, 0.3) is 0 Å². The Hall–Kier alpha value is -0.950. The van der Waals surface area contributed by atoms with Gasteiger partial charge < -0.3 is 21.7 Å². The van der Waals surface area contributed by atoms with Crippen LogP contribution in [0.3, 0.4) is 0 Å². The van der Waals surface area contributed by atoms with Gasteiger partial charge in [-0.15, -0.1) is 0 Å². The average Bonchev–Trinajstić information content (AvgIpc) is 3.07. The van der Waals surface area contributed by atoms with Crippen molar-refractivity contribution in [1.29, 1.82) is 0 Å². The van der Waals surface area contributed by atoms with Gasteiger partial charge in [-0.1, -0.05) is 19.3 Å². The van der Waals surface area contributed by atoms with E-state index in [4.69, 9.17) is 5.73 Å². The molecule has 0 aliphatic carbocycles. The van der Waals surface area contributed by atoms with Crippen LogP contribution >= 0.6 is 11.8 Å². The summed E-state index contributed by atoms with van der Waals surface area (Å²) in [5.74, 6) is 1.16. The standard InChI is InChI=1S/C16H30N4O2S/c17-9-5-1-2-6-10-18-14(21)8-4-3-7-13-15-12(11-23-13)19-16(22)20-15/h12-13,15H,1-11,17H2,(H,18,21)(H2,19,20,22)/t12?,13-,15-/m1/s1. The number of unbranched alkanes of at least 4 members (excludes halogenated alkanes) is 4. The number of urea groups is 1. The van der Waals surface area contributed by atoms with Gasteiger partial charge >= 0.3 is 6.03 Å². The van der Waals surface area contributed by atoms with Gasteiger partial charge in [-0.25, -0.2) is 4.79 Å². The molecule has 0 aromatic heterocycles. The number of nitrogens with one attached hydrogen (secondary N) is 3. The molecule has 2 heterocycles. The minimum absolute atomic E-state index is 0.0314. The van der Waals surface area contributed by atoms with Crippen molar-refractivity contribution in [3.05, 3.63) is 0 Å². The molecule has 2 aliphatic heterocycles. The molecule has 6 nitrogen and oxygen atoms in total. The first-order valence-corrected chi connectivity index (χ1v) is 9.91. The third-order valence-corrected chi connectivity index (χ3v) is 6.04. The molecule has 0 bridgehead atoms. The Kier molecular flexibility index (Phi) is 8.02. The number of amides is 3. The van der Waals surface area contributed by atoms with Crippen LogP contribution in [0.2, 0.25) is 0 Å². The molecular weight excluding hydrogens is 312 g/mol. The van der Waals surface area contributed by atoms with Gasteiger partial charge in [0.2, 0.25) is 5.91 Å². The number of hydrogen-bond acceptors (Lipinski definition) is 4. The Morgan fingerprint density at radius 2 is 2.00 bits per heavy atom. The molecule has 0 aromatic carbocycles. The maximum Gasteiger partial charge on any atom is 0.315 e. The second-order valence-corrected chi connectivity index (χ2v) is 7.69. The predicted molar refractivity (Wildman–Crippen MR) is 94.5 cm³/mol. The van der Waals surface area contributed by atoms with Gasteiger partial charge in [0.15, 0.2) is 0 Å². The fourth-order valence-corrected chi connectivity index (χ4v) is 4.76. The molecule has 2 rings (SSSR count).